The largest absolute Gasteiger partial charge is 0.454 e. The summed E-state index contributed by atoms with van der Waals surface area (Å²) >= 11 is 0. The number of ether oxygens (including phenoxy) is 4. The van der Waals surface area contributed by atoms with Crippen molar-refractivity contribution in [1.29, 1.82) is 0 Å². The van der Waals surface area contributed by atoms with E-state index in [0.29, 0.717) is 28.4 Å². The van der Waals surface area contributed by atoms with Crippen LogP contribution < -0.4 is 14.2 Å². The van der Waals surface area contributed by atoms with E-state index in [1.54, 1.807) is 54.6 Å². The van der Waals surface area contributed by atoms with Crippen LogP contribution in [0, 0.1) is 0 Å². The number of carbonyl (C=O) groups excluding carboxylic acids is 3. The smallest absolute Gasteiger partial charge is 0.338 e. The van der Waals surface area contributed by atoms with Gasteiger partial charge in [0.1, 0.15) is 5.75 Å². The Labute approximate surface area is 178 Å². The molecule has 0 unspecified atom stereocenters. The summed E-state index contributed by atoms with van der Waals surface area (Å²) in [6.07, 6.45) is 0. The van der Waals surface area contributed by atoms with Crippen LogP contribution >= 0.6 is 0 Å². The van der Waals surface area contributed by atoms with Crippen molar-refractivity contribution in [2.75, 3.05) is 13.4 Å². The zero-order valence-corrected chi connectivity index (χ0v) is 16.6. The van der Waals surface area contributed by atoms with E-state index in [1.807, 2.05) is 12.1 Å². The Morgan fingerprint density at radius 2 is 1.42 bits per heavy atom. The molecule has 0 radical (unpaired) electrons. The highest BCUT2D eigenvalue weighted by Crippen LogP contribution is 2.32. The summed E-state index contributed by atoms with van der Waals surface area (Å²) < 4.78 is 20.6. The number of esters is 2. The summed E-state index contributed by atoms with van der Waals surface area (Å²) in [7, 11) is 0. The van der Waals surface area contributed by atoms with E-state index in [1.165, 1.54) is 6.92 Å². The summed E-state index contributed by atoms with van der Waals surface area (Å²) in [6, 6.07) is 18.6. The van der Waals surface area contributed by atoms with Gasteiger partial charge in [-0.05, 0) is 53.6 Å². The van der Waals surface area contributed by atoms with Crippen molar-refractivity contribution in [1.82, 2.24) is 0 Å². The second kappa shape index (κ2) is 8.71. The fraction of sp³-hybridized carbons (Fsp3) is 0.125. The minimum Gasteiger partial charge on any atom is -0.454 e. The van der Waals surface area contributed by atoms with Gasteiger partial charge in [-0.2, -0.15) is 0 Å². The maximum absolute atomic E-state index is 12.3. The lowest BCUT2D eigenvalue weighted by Gasteiger charge is -2.07. The molecule has 3 aromatic rings. The van der Waals surface area contributed by atoms with Crippen LogP contribution in [0.25, 0.3) is 11.1 Å². The molecule has 7 nitrogen and oxygen atoms in total. The van der Waals surface area contributed by atoms with Crippen molar-refractivity contribution in [3.63, 3.8) is 0 Å². The van der Waals surface area contributed by atoms with Gasteiger partial charge >= 0.3 is 11.9 Å². The van der Waals surface area contributed by atoms with Crippen molar-refractivity contribution in [2.45, 2.75) is 6.92 Å². The molecule has 0 aliphatic carbocycles. The molecule has 1 heterocycles. The molecule has 31 heavy (non-hydrogen) atoms. The van der Waals surface area contributed by atoms with Crippen molar-refractivity contribution in [3.05, 3.63) is 77.9 Å². The lowest BCUT2D eigenvalue weighted by molar-refractivity contribution is -0.131. The molecule has 0 saturated carbocycles. The SMILES string of the molecule is CC(=O)Oc1ccc(-c2ccc(C(=O)OCC(=O)c3ccc4c(c3)OCO4)cc2)cc1. The number of carbonyl (C=O) groups is 3. The first-order valence-corrected chi connectivity index (χ1v) is 9.48. The van der Waals surface area contributed by atoms with Crippen LogP contribution in [0.2, 0.25) is 0 Å². The maximum Gasteiger partial charge on any atom is 0.338 e. The predicted octanol–water partition coefficient (Wildman–Crippen LogP) is 4.05. The topological polar surface area (TPSA) is 88.1 Å². The number of Topliss-reactive ketones (excluding diaryl/α,β-unsaturated/α-hetero) is 1. The van der Waals surface area contributed by atoms with Gasteiger partial charge in [0.2, 0.25) is 6.79 Å². The minimum atomic E-state index is -0.592. The molecule has 0 fully saturated rings. The Morgan fingerprint density at radius 1 is 0.806 bits per heavy atom. The third kappa shape index (κ3) is 4.72. The highest BCUT2D eigenvalue weighted by Gasteiger charge is 2.17. The Bertz CT molecular complexity index is 1130. The van der Waals surface area contributed by atoms with Gasteiger partial charge in [0.25, 0.3) is 0 Å². The van der Waals surface area contributed by atoms with Crippen molar-refractivity contribution in [2.24, 2.45) is 0 Å². The van der Waals surface area contributed by atoms with Crippen LogP contribution in [0.1, 0.15) is 27.6 Å². The summed E-state index contributed by atoms with van der Waals surface area (Å²) in [6.45, 7) is 1.08. The van der Waals surface area contributed by atoms with Gasteiger partial charge in [-0.3, -0.25) is 9.59 Å². The van der Waals surface area contributed by atoms with Crippen LogP contribution in [0.15, 0.2) is 66.7 Å². The standard InChI is InChI=1S/C24H18O7/c1-15(25)31-20-9-6-17(7-10-20)16-2-4-18(5-3-16)24(27)28-13-21(26)19-8-11-22-23(12-19)30-14-29-22/h2-12H,13-14H2,1H3. The summed E-state index contributed by atoms with van der Waals surface area (Å²) in [5, 5.41) is 0. The van der Waals surface area contributed by atoms with E-state index in [2.05, 4.69) is 0 Å². The number of ketones is 1. The molecule has 3 aromatic carbocycles. The molecule has 0 bridgehead atoms. The second-order valence-corrected chi connectivity index (χ2v) is 6.76. The molecular weight excluding hydrogens is 400 g/mol. The van der Waals surface area contributed by atoms with E-state index < -0.39 is 5.97 Å². The second-order valence-electron chi connectivity index (χ2n) is 6.76. The first-order valence-electron chi connectivity index (χ1n) is 9.48. The van der Waals surface area contributed by atoms with Crippen LogP contribution in [0.4, 0.5) is 0 Å². The summed E-state index contributed by atoms with van der Waals surface area (Å²) in [5.41, 5.74) is 2.49. The first-order chi connectivity index (χ1) is 15.0. The summed E-state index contributed by atoms with van der Waals surface area (Å²) in [4.78, 5) is 35.6. The van der Waals surface area contributed by atoms with Crippen LogP contribution in [0.3, 0.4) is 0 Å². The Kier molecular flexibility index (Phi) is 5.66. The molecule has 1 aliphatic heterocycles. The summed E-state index contributed by atoms with van der Waals surface area (Å²) in [5.74, 6) is 0.224. The molecule has 4 rings (SSSR count). The molecule has 0 saturated heterocycles. The third-order valence-electron chi connectivity index (χ3n) is 4.60. The Balaban J connectivity index is 1.36. The molecule has 0 aromatic heterocycles. The molecule has 0 atom stereocenters. The molecule has 0 amide bonds. The minimum absolute atomic E-state index is 0.119. The molecule has 0 N–H and O–H groups in total. The van der Waals surface area contributed by atoms with Gasteiger partial charge in [-0.15, -0.1) is 0 Å². The Hall–Kier alpha value is -4.13. The van der Waals surface area contributed by atoms with Gasteiger partial charge in [0.05, 0.1) is 5.56 Å². The first kappa shape index (κ1) is 20.2. The van der Waals surface area contributed by atoms with Crippen molar-refractivity contribution in [3.8, 4) is 28.4 Å². The van der Waals surface area contributed by atoms with Gasteiger partial charge < -0.3 is 18.9 Å². The third-order valence-corrected chi connectivity index (χ3v) is 4.60. The molecule has 156 valence electrons. The van der Waals surface area contributed by atoms with E-state index in [9.17, 15) is 14.4 Å². The van der Waals surface area contributed by atoms with Crippen molar-refractivity contribution < 1.29 is 33.3 Å². The highest BCUT2D eigenvalue weighted by molar-refractivity contribution is 6.00. The number of fused-ring (bicyclic) bond motifs is 1. The van der Waals surface area contributed by atoms with Gasteiger partial charge in [-0.1, -0.05) is 24.3 Å². The van der Waals surface area contributed by atoms with Crippen LogP contribution in [0.5, 0.6) is 17.2 Å². The van der Waals surface area contributed by atoms with Crippen LogP contribution in [-0.2, 0) is 9.53 Å². The highest BCUT2D eigenvalue weighted by atomic mass is 16.7. The van der Waals surface area contributed by atoms with Gasteiger partial charge in [0.15, 0.2) is 23.9 Å². The fourth-order valence-electron chi connectivity index (χ4n) is 3.05. The van der Waals surface area contributed by atoms with E-state index in [-0.39, 0.29) is 25.2 Å². The number of hydrogen-bond donors (Lipinski definition) is 0. The van der Waals surface area contributed by atoms with Gasteiger partial charge in [-0.25, -0.2) is 4.79 Å². The lowest BCUT2D eigenvalue weighted by atomic mass is 10.0. The van der Waals surface area contributed by atoms with Crippen LogP contribution in [-0.4, -0.2) is 31.1 Å². The van der Waals surface area contributed by atoms with E-state index in [4.69, 9.17) is 18.9 Å². The maximum atomic E-state index is 12.3. The average molecular weight is 418 g/mol. The molecule has 7 heteroatoms. The monoisotopic (exact) mass is 418 g/mol. The quantitative estimate of drug-likeness (QED) is 0.339. The normalized spacial score (nSPS) is 11.6. The lowest BCUT2D eigenvalue weighted by Crippen LogP contribution is -2.14. The fourth-order valence-corrected chi connectivity index (χ4v) is 3.05. The number of rotatable bonds is 6. The van der Waals surface area contributed by atoms with Gasteiger partial charge in [0, 0.05) is 12.5 Å². The zero-order valence-electron chi connectivity index (χ0n) is 16.6. The van der Waals surface area contributed by atoms with E-state index >= 15 is 0 Å². The van der Waals surface area contributed by atoms with Crippen molar-refractivity contribution >= 4 is 17.7 Å². The van der Waals surface area contributed by atoms with E-state index in [0.717, 1.165) is 11.1 Å². The average Bonchev–Trinajstić information content (AvgIpc) is 3.25. The predicted molar refractivity (Wildman–Crippen MR) is 110 cm³/mol. The Morgan fingerprint density at radius 3 is 2.10 bits per heavy atom. The number of benzene rings is 3. The molecule has 0 spiro atoms. The number of hydrogen-bond acceptors (Lipinski definition) is 7. The molecule has 1 aliphatic rings. The zero-order chi connectivity index (χ0) is 21.8. The molecular formula is C24H18O7.